The minimum atomic E-state index is -0.655. The van der Waals surface area contributed by atoms with E-state index in [-0.39, 0.29) is 17.6 Å². The van der Waals surface area contributed by atoms with Gasteiger partial charge in [-0.15, -0.1) is 0 Å². The number of hydrogen-bond donors (Lipinski definition) is 5. The first-order valence-corrected chi connectivity index (χ1v) is 10.7. The zero-order valence-electron chi connectivity index (χ0n) is 18.4. The van der Waals surface area contributed by atoms with Gasteiger partial charge in [-0.05, 0) is 73.9 Å². The fraction of sp³-hybridized carbons (Fsp3) is 0.417. The number of rotatable bonds is 11. The Hall–Kier alpha value is -2.90. The number of benzene rings is 2. The third-order valence-corrected chi connectivity index (χ3v) is 5.28. The van der Waals surface area contributed by atoms with E-state index < -0.39 is 12.1 Å². The highest BCUT2D eigenvalue weighted by atomic mass is 16.3. The van der Waals surface area contributed by atoms with Crippen molar-refractivity contribution < 1.29 is 14.7 Å². The number of amides is 2. The summed E-state index contributed by atoms with van der Waals surface area (Å²) in [5, 5.41) is 15.3. The second kappa shape index (κ2) is 12.1. The van der Waals surface area contributed by atoms with Gasteiger partial charge in [0.15, 0.2) is 0 Å². The number of phenols is 1. The maximum atomic E-state index is 12.3. The summed E-state index contributed by atoms with van der Waals surface area (Å²) < 4.78 is 0. The van der Waals surface area contributed by atoms with Gasteiger partial charge in [0.05, 0.1) is 12.1 Å². The van der Waals surface area contributed by atoms with Crippen molar-refractivity contribution in [2.45, 2.75) is 51.6 Å². The molecule has 0 fully saturated rings. The Morgan fingerprint density at radius 1 is 0.871 bits per heavy atom. The Balaban J connectivity index is 1.62. The lowest BCUT2D eigenvalue weighted by Crippen LogP contribution is -2.43. The van der Waals surface area contributed by atoms with Crippen molar-refractivity contribution >= 4 is 11.8 Å². The molecule has 2 aromatic rings. The monoisotopic (exact) mass is 426 g/mol. The van der Waals surface area contributed by atoms with Crippen LogP contribution in [0.4, 0.5) is 0 Å². The Morgan fingerprint density at radius 2 is 1.35 bits per heavy atom. The molecule has 168 valence electrons. The van der Waals surface area contributed by atoms with Gasteiger partial charge in [0.25, 0.3) is 0 Å². The van der Waals surface area contributed by atoms with Gasteiger partial charge in [0.2, 0.25) is 11.8 Å². The number of carbonyl (C=O) groups excluding carboxylic acids is 2. The maximum Gasteiger partial charge on any atom is 0.237 e. The van der Waals surface area contributed by atoms with E-state index in [9.17, 15) is 14.7 Å². The molecule has 0 unspecified atom stereocenters. The van der Waals surface area contributed by atoms with Crippen LogP contribution in [0.25, 0.3) is 0 Å². The van der Waals surface area contributed by atoms with E-state index >= 15 is 0 Å². The first kappa shape index (κ1) is 24.4. The number of nitrogens with one attached hydrogen (secondary N) is 2. The van der Waals surface area contributed by atoms with Crippen LogP contribution in [0.5, 0.6) is 5.75 Å². The number of unbranched alkanes of at least 4 members (excludes halogenated alkanes) is 1. The first-order chi connectivity index (χ1) is 14.8. The van der Waals surface area contributed by atoms with Gasteiger partial charge < -0.3 is 27.2 Å². The second-order valence-corrected chi connectivity index (χ2v) is 7.95. The Bertz CT molecular complexity index is 847. The van der Waals surface area contributed by atoms with Crippen LogP contribution in [-0.2, 0) is 22.4 Å². The fourth-order valence-corrected chi connectivity index (χ4v) is 3.50. The van der Waals surface area contributed by atoms with Crippen LogP contribution in [0.3, 0.4) is 0 Å². The van der Waals surface area contributed by atoms with E-state index in [1.165, 1.54) is 0 Å². The van der Waals surface area contributed by atoms with Crippen molar-refractivity contribution in [3.63, 3.8) is 0 Å². The number of aryl methyl sites for hydroxylation is 2. The van der Waals surface area contributed by atoms with E-state index in [1.807, 2.05) is 44.2 Å². The van der Waals surface area contributed by atoms with Crippen molar-refractivity contribution in [2.75, 3.05) is 13.1 Å². The van der Waals surface area contributed by atoms with Gasteiger partial charge in [0.1, 0.15) is 5.75 Å². The van der Waals surface area contributed by atoms with Gasteiger partial charge in [0, 0.05) is 13.1 Å². The molecule has 0 spiro atoms. The van der Waals surface area contributed by atoms with E-state index in [1.54, 1.807) is 12.1 Å². The molecule has 0 bridgehead atoms. The molecule has 7 N–H and O–H groups in total. The summed E-state index contributed by atoms with van der Waals surface area (Å²) in [7, 11) is 0. The fourth-order valence-electron chi connectivity index (χ4n) is 3.50. The summed E-state index contributed by atoms with van der Waals surface area (Å²) in [5.41, 5.74) is 15.9. The van der Waals surface area contributed by atoms with Crippen LogP contribution in [0.15, 0.2) is 42.5 Å². The predicted molar refractivity (Wildman–Crippen MR) is 123 cm³/mol. The van der Waals surface area contributed by atoms with E-state index in [0.717, 1.165) is 35.1 Å². The predicted octanol–water partition coefficient (Wildman–Crippen LogP) is 1.46. The van der Waals surface area contributed by atoms with E-state index in [0.29, 0.717) is 25.9 Å². The minimum absolute atomic E-state index is 0.172. The standard InChI is InChI=1S/C24H34N4O3/c1-16-12-19(29)13-17(2)20(16)15-22(26)24(31)28-11-7-6-10-27-23(30)21(25)14-18-8-4-3-5-9-18/h3-5,8-9,12-13,21-22,29H,6-7,10-11,14-15,25-26H2,1-2H3,(H,27,30)(H,28,31)/t21-,22-/m0/s1. The average molecular weight is 427 g/mol. The lowest BCUT2D eigenvalue weighted by Gasteiger charge is -2.16. The molecule has 0 saturated heterocycles. The number of aromatic hydroxyl groups is 1. The lowest BCUT2D eigenvalue weighted by atomic mass is 9.96. The summed E-state index contributed by atoms with van der Waals surface area (Å²) in [6.45, 7) is 4.79. The quantitative estimate of drug-likeness (QED) is 0.347. The SMILES string of the molecule is Cc1cc(O)cc(C)c1C[C@H](N)C(=O)NCCCCNC(=O)[C@@H](N)Cc1ccccc1. The molecule has 0 aliphatic rings. The summed E-state index contributed by atoms with van der Waals surface area (Å²) in [6.07, 6.45) is 2.37. The Kier molecular flexibility index (Phi) is 9.49. The molecule has 31 heavy (non-hydrogen) atoms. The van der Waals surface area contributed by atoms with Gasteiger partial charge in [-0.2, -0.15) is 0 Å². The topological polar surface area (TPSA) is 130 Å². The molecule has 0 aromatic heterocycles. The summed E-state index contributed by atoms with van der Waals surface area (Å²) in [6, 6.07) is 11.8. The summed E-state index contributed by atoms with van der Waals surface area (Å²) in [5.74, 6) is -0.166. The highest BCUT2D eigenvalue weighted by Crippen LogP contribution is 2.21. The molecule has 0 heterocycles. The first-order valence-electron chi connectivity index (χ1n) is 10.7. The zero-order valence-corrected chi connectivity index (χ0v) is 18.4. The van der Waals surface area contributed by atoms with Crippen molar-refractivity contribution in [1.82, 2.24) is 10.6 Å². The number of carbonyl (C=O) groups is 2. The Labute approximate surface area is 184 Å². The highest BCUT2D eigenvalue weighted by molar-refractivity contribution is 5.82. The van der Waals surface area contributed by atoms with Crippen LogP contribution < -0.4 is 22.1 Å². The van der Waals surface area contributed by atoms with Gasteiger partial charge in [-0.25, -0.2) is 0 Å². The highest BCUT2D eigenvalue weighted by Gasteiger charge is 2.17. The summed E-state index contributed by atoms with van der Waals surface area (Å²) >= 11 is 0. The van der Waals surface area contributed by atoms with E-state index in [4.69, 9.17) is 11.5 Å². The number of nitrogens with two attached hydrogens (primary N) is 2. The summed E-state index contributed by atoms with van der Waals surface area (Å²) in [4.78, 5) is 24.4. The van der Waals surface area contributed by atoms with Gasteiger partial charge in [-0.1, -0.05) is 30.3 Å². The smallest absolute Gasteiger partial charge is 0.237 e. The van der Waals surface area contributed by atoms with Crippen molar-refractivity contribution in [2.24, 2.45) is 11.5 Å². The third kappa shape index (κ3) is 8.03. The van der Waals surface area contributed by atoms with Gasteiger partial charge >= 0.3 is 0 Å². The minimum Gasteiger partial charge on any atom is -0.508 e. The number of phenolic OH excluding ortho intramolecular Hbond substituents is 1. The molecule has 0 aliphatic heterocycles. The molecular formula is C24H34N4O3. The molecule has 0 saturated carbocycles. The number of hydrogen-bond acceptors (Lipinski definition) is 5. The zero-order chi connectivity index (χ0) is 22.8. The van der Waals surface area contributed by atoms with Crippen molar-refractivity contribution in [3.05, 3.63) is 64.7 Å². The maximum absolute atomic E-state index is 12.3. The van der Waals surface area contributed by atoms with Crippen molar-refractivity contribution in [3.8, 4) is 5.75 Å². The largest absolute Gasteiger partial charge is 0.508 e. The molecule has 2 aromatic carbocycles. The van der Waals surface area contributed by atoms with E-state index in [2.05, 4.69) is 10.6 Å². The molecule has 2 rings (SSSR count). The second-order valence-electron chi connectivity index (χ2n) is 7.95. The molecule has 7 nitrogen and oxygen atoms in total. The normalized spacial score (nSPS) is 12.8. The lowest BCUT2D eigenvalue weighted by molar-refractivity contribution is -0.123. The average Bonchev–Trinajstić information content (AvgIpc) is 2.73. The molecule has 7 heteroatoms. The molecule has 2 atom stereocenters. The van der Waals surface area contributed by atoms with Crippen LogP contribution in [-0.4, -0.2) is 42.1 Å². The van der Waals surface area contributed by atoms with Crippen molar-refractivity contribution in [1.29, 1.82) is 0 Å². The van der Waals surface area contributed by atoms with Gasteiger partial charge in [-0.3, -0.25) is 9.59 Å². The Morgan fingerprint density at radius 3 is 1.87 bits per heavy atom. The van der Waals surface area contributed by atoms with Crippen LogP contribution >= 0.6 is 0 Å². The van der Waals surface area contributed by atoms with Crippen LogP contribution in [0, 0.1) is 13.8 Å². The molecule has 0 radical (unpaired) electrons. The third-order valence-electron chi connectivity index (χ3n) is 5.28. The van der Waals surface area contributed by atoms with Crippen LogP contribution in [0.2, 0.25) is 0 Å². The molecule has 0 aliphatic carbocycles. The molecule has 2 amide bonds. The van der Waals surface area contributed by atoms with Crippen LogP contribution in [0.1, 0.15) is 35.1 Å². The molecular weight excluding hydrogens is 392 g/mol.